The standard InChI is InChI=1S/C17H20N4O3/c1-24-17(23)14-8-5-9-20(14)16(22)15(12-6-3-2-4-7-12)21-11-13(18)10-19-21/h2-4,6-7,10-11,14-15H,5,8-9,18H2,1H3/t14-,15?/m0/s1. The van der Waals surface area contributed by atoms with Crippen molar-refractivity contribution < 1.29 is 14.3 Å². The number of nitrogens with zero attached hydrogens (tertiary/aromatic N) is 3. The maximum Gasteiger partial charge on any atom is 0.328 e. The summed E-state index contributed by atoms with van der Waals surface area (Å²) in [5.74, 6) is -0.565. The molecule has 1 aliphatic heterocycles. The molecule has 0 saturated carbocycles. The molecule has 7 nitrogen and oxygen atoms in total. The second-order valence-corrected chi connectivity index (χ2v) is 5.78. The third kappa shape index (κ3) is 2.97. The molecule has 2 atom stereocenters. The SMILES string of the molecule is COC(=O)[C@@H]1CCCN1C(=O)C(c1ccccc1)n1cc(N)cn1. The second-order valence-electron chi connectivity index (χ2n) is 5.78. The van der Waals surface area contributed by atoms with Gasteiger partial charge in [-0.15, -0.1) is 0 Å². The van der Waals surface area contributed by atoms with Crippen LogP contribution >= 0.6 is 0 Å². The highest BCUT2D eigenvalue weighted by Crippen LogP contribution is 2.27. The number of aromatic nitrogens is 2. The number of amides is 1. The molecule has 1 aromatic carbocycles. The van der Waals surface area contributed by atoms with Crippen LogP contribution in [-0.4, -0.2) is 46.3 Å². The maximum absolute atomic E-state index is 13.2. The Morgan fingerprint density at radius 2 is 2.08 bits per heavy atom. The number of rotatable bonds is 4. The van der Waals surface area contributed by atoms with E-state index in [9.17, 15) is 9.59 Å². The molecule has 2 heterocycles. The van der Waals surface area contributed by atoms with Gasteiger partial charge in [0.2, 0.25) is 0 Å². The molecule has 24 heavy (non-hydrogen) atoms. The highest BCUT2D eigenvalue weighted by atomic mass is 16.5. The zero-order valence-electron chi connectivity index (χ0n) is 13.5. The zero-order chi connectivity index (χ0) is 17.1. The van der Waals surface area contributed by atoms with E-state index in [0.717, 1.165) is 12.0 Å². The van der Waals surface area contributed by atoms with Gasteiger partial charge in [0.05, 0.1) is 19.0 Å². The number of esters is 1. The van der Waals surface area contributed by atoms with Crippen molar-refractivity contribution in [1.29, 1.82) is 0 Å². The second kappa shape index (κ2) is 6.74. The first-order valence-corrected chi connectivity index (χ1v) is 7.84. The summed E-state index contributed by atoms with van der Waals surface area (Å²) in [5.41, 5.74) is 7.04. The molecule has 1 fully saturated rings. The Bertz CT molecular complexity index is 728. The quantitative estimate of drug-likeness (QED) is 0.852. The number of hydrogen-bond acceptors (Lipinski definition) is 5. The van der Waals surface area contributed by atoms with Crippen molar-refractivity contribution in [3.63, 3.8) is 0 Å². The van der Waals surface area contributed by atoms with Gasteiger partial charge in [0, 0.05) is 12.7 Å². The van der Waals surface area contributed by atoms with Crippen LogP contribution in [0.2, 0.25) is 0 Å². The summed E-state index contributed by atoms with van der Waals surface area (Å²) in [6, 6.07) is 8.15. The molecule has 7 heteroatoms. The van der Waals surface area contributed by atoms with Gasteiger partial charge in [-0.2, -0.15) is 5.10 Å². The maximum atomic E-state index is 13.2. The summed E-state index contributed by atoms with van der Waals surface area (Å²) in [5, 5.41) is 4.20. The summed E-state index contributed by atoms with van der Waals surface area (Å²) in [6.45, 7) is 0.526. The number of carbonyl (C=O) groups is 2. The zero-order valence-corrected chi connectivity index (χ0v) is 13.5. The van der Waals surface area contributed by atoms with Gasteiger partial charge in [0.25, 0.3) is 5.91 Å². The number of nitrogens with two attached hydrogens (primary N) is 1. The molecular weight excluding hydrogens is 308 g/mol. The van der Waals surface area contributed by atoms with Gasteiger partial charge in [0.1, 0.15) is 6.04 Å². The highest BCUT2D eigenvalue weighted by molar-refractivity contribution is 5.89. The molecule has 126 valence electrons. The van der Waals surface area contributed by atoms with E-state index >= 15 is 0 Å². The van der Waals surface area contributed by atoms with Crippen LogP contribution in [0.4, 0.5) is 5.69 Å². The molecule has 0 spiro atoms. The molecular formula is C17H20N4O3. The summed E-state index contributed by atoms with van der Waals surface area (Å²) in [7, 11) is 1.34. The normalized spacial score (nSPS) is 18.4. The van der Waals surface area contributed by atoms with Gasteiger partial charge in [-0.05, 0) is 18.4 Å². The van der Waals surface area contributed by atoms with E-state index in [2.05, 4.69) is 5.10 Å². The lowest BCUT2D eigenvalue weighted by atomic mass is 10.1. The average molecular weight is 328 g/mol. The first kappa shape index (κ1) is 16.0. The lowest BCUT2D eigenvalue weighted by Gasteiger charge is -2.27. The fourth-order valence-electron chi connectivity index (χ4n) is 3.11. The fraction of sp³-hybridized carbons (Fsp3) is 0.353. The number of hydrogen-bond donors (Lipinski definition) is 1. The summed E-state index contributed by atoms with van der Waals surface area (Å²) >= 11 is 0. The average Bonchev–Trinajstić information content (AvgIpc) is 3.24. The van der Waals surface area contributed by atoms with Crippen LogP contribution in [0.5, 0.6) is 0 Å². The Hall–Kier alpha value is -2.83. The number of methoxy groups -OCH3 is 1. The molecule has 1 amide bonds. The van der Waals surface area contributed by atoms with Crippen molar-refractivity contribution in [2.45, 2.75) is 24.9 Å². The van der Waals surface area contributed by atoms with Crippen LogP contribution in [0, 0.1) is 0 Å². The predicted octanol–water partition coefficient (Wildman–Crippen LogP) is 1.22. The van der Waals surface area contributed by atoms with Gasteiger partial charge in [0.15, 0.2) is 6.04 Å². The van der Waals surface area contributed by atoms with Crippen molar-refractivity contribution in [2.75, 3.05) is 19.4 Å². The summed E-state index contributed by atoms with van der Waals surface area (Å²) in [6.07, 6.45) is 4.51. The molecule has 1 saturated heterocycles. The van der Waals surface area contributed by atoms with E-state index in [-0.39, 0.29) is 11.9 Å². The van der Waals surface area contributed by atoms with Gasteiger partial charge < -0.3 is 15.4 Å². The third-order valence-electron chi connectivity index (χ3n) is 4.24. The van der Waals surface area contributed by atoms with Crippen molar-refractivity contribution >= 4 is 17.6 Å². The topological polar surface area (TPSA) is 90.5 Å². The molecule has 3 rings (SSSR count). The first-order chi connectivity index (χ1) is 11.6. The molecule has 2 aromatic rings. The van der Waals surface area contributed by atoms with Crippen LogP contribution in [0.25, 0.3) is 0 Å². The predicted molar refractivity (Wildman–Crippen MR) is 88.0 cm³/mol. The van der Waals surface area contributed by atoms with Gasteiger partial charge in [-0.3, -0.25) is 9.48 Å². The molecule has 0 bridgehead atoms. The lowest BCUT2D eigenvalue weighted by molar-refractivity contribution is -0.151. The van der Waals surface area contributed by atoms with Gasteiger partial charge in [-0.1, -0.05) is 30.3 Å². The molecule has 2 N–H and O–H groups in total. The number of ether oxygens (including phenoxy) is 1. The lowest BCUT2D eigenvalue weighted by Crippen LogP contribution is -2.45. The number of anilines is 1. The summed E-state index contributed by atoms with van der Waals surface area (Å²) in [4.78, 5) is 26.8. The third-order valence-corrected chi connectivity index (χ3v) is 4.24. The molecule has 0 aliphatic carbocycles. The Morgan fingerprint density at radius 3 is 2.71 bits per heavy atom. The van der Waals surface area contributed by atoms with E-state index in [0.29, 0.717) is 18.7 Å². The Balaban J connectivity index is 1.96. The number of carbonyl (C=O) groups excluding carboxylic acids is 2. The van der Waals surface area contributed by atoms with Crippen molar-refractivity contribution in [1.82, 2.24) is 14.7 Å². The number of benzene rings is 1. The van der Waals surface area contributed by atoms with Crippen LogP contribution in [-0.2, 0) is 14.3 Å². The number of nitrogen functional groups attached to an aromatic ring is 1. The summed E-state index contributed by atoms with van der Waals surface area (Å²) < 4.78 is 6.38. The largest absolute Gasteiger partial charge is 0.467 e. The minimum absolute atomic E-state index is 0.183. The monoisotopic (exact) mass is 328 g/mol. The fourth-order valence-corrected chi connectivity index (χ4v) is 3.11. The first-order valence-electron chi connectivity index (χ1n) is 7.84. The molecule has 1 aliphatic rings. The molecule has 0 radical (unpaired) electrons. The Morgan fingerprint density at radius 1 is 1.33 bits per heavy atom. The van der Waals surface area contributed by atoms with Crippen molar-refractivity contribution in [3.8, 4) is 0 Å². The van der Waals surface area contributed by atoms with Crippen molar-refractivity contribution in [2.24, 2.45) is 0 Å². The van der Waals surface area contributed by atoms with Crippen molar-refractivity contribution in [3.05, 3.63) is 48.3 Å². The van der Waals surface area contributed by atoms with Gasteiger partial charge in [-0.25, -0.2) is 4.79 Å². The molecule has 1 unspecified atom stereocenters. The highest BCUT2D eigenvalue weighted by Gasteiger charge is 2.39. The van der Waals surface area contributed by atoms with E-state index in [1.165, 1.54) is 13.3 Å². The number of likely N-dealkylation sites (tertiary alicyclic amines) is 1. The van der Waals surface area contributed by atoms with Crippen LogP contribution < -0.4 is 5.73 Å². The smallest absolute Gasteiger partial charge is 0.328 e. The van der Waals surface area contributed by atoms with E-state index in [4.69, 9.17) is 10.5 Å². The van der Waals surface area contributed by atoms with E-state index in [1.807, 2.05) is 30.3 Å². The molecule has 1 aromatic heterocycles. The van der Waals surface area contributed by atoms with E-state index in [1.54, 1.807) is 15.8 Å². The Labute approximate surface area is 140 Å². The minimum atomic E-state index is -0.659. The van der Waals surface area contributed by atoms with E-state index < -0.39 is 12.1 Å². The van der Waals surface area contributed by atoms with Gasteiger partial charge >= 0.3 is 5.97 Å². The van der Waals surface area contributed by atoms with Crippen LogP contribution in [0.3, 0.4) is 0 Å². The van der Waals surface area contributed by atoms with Crippen LogP contribution in [0.1, 0.15) is 24.4 Å². The minimum Gasteiger partial charge on any atom is -0.467 e. The Kier molecular flexibility index (Phi) is 4.50. The van der Waals surface area contributed by atoms with Crippen LogP contribution in [0.15, 0.2) is 42.7 Å².